The number of aromatic hydroxyl groups is 1. The molecule has 0 radical (unpaired) electrons. The van der Waals surface area contributed by atoms with Gasteiger partial charge < -0.3 is 9.63 Å². The Hall–Kier alpha value is -1.01. The number of hydrogen-bond acceptors (Lipinski definition) is 5. The minimum atomic E-state index is 0.169. The monoisotopic (exact) mass is 326 g/mol. The van der Waals surface area contributed by atoms with Gasteiger partial charge in [0, 0.05) is 5.56 Å². The van der Waals surface area contributed by atoms with Crippen molar-refractivity contribution in [2.24, 2.45) is 0 Å². The zero-order valence-corrected chi connectivity index (χ0v) is 11.9. The summed E-state index contributed by atoms with van der Waals surface area (Å²) in [5.74, 6) is 2.55. The summed E-state index contributed by atoms with van der Waals surface area (Å²) in [6.07, 6.45) is 2.31. The Balaban J connectivity index is 1.89. The van der Waals surface area contributed by atoms with Crippen molar-refractivity contribution in [3.63, 3.8) is 0 Å². The first-order valence-electron chi connectivity index (χ1n) is 5.68. The van der Waals surface area contributed by atoms with Crippen LogP contribution in [0.15, 0.2) is 27.2 Å². The summed E-state index contributed by atoms with van der Waals surface area (Å²) in [5, 5.41) is 14.0. The first kappa shape index (κ1) is 12.0. The molecular weight excluding hydrogens is 316 g/mol. The second-order valence-electron chi connectivity index (χ2n) is 4.13. The van der Waals surface area contributed by atoms with Crippen molar-refractivity contribution < 1.29 is 9.63 Å². The lowest BCUT2D eigenvalue weighted by atomic mass is 10.2. The Bertz CT molecular complexity index is 567. The fraction of sp³-hybridized carbons (Fsp3) is 0.333. The number of rotatable bonds is 2. The molecule has 1 saturated heterocycles. The summed E-state index contributed by atoms with van der Waals surface area (Å²) in [7, 11) is 0. The van der Waals surface area contributed by atoms with E-state index in [0.29, 0.717) is 15.6 Å². The van der Waals surface area contributed by atoms with Crippen LogP contribution in [-0.2, 0) is 0 Å². The van der Waals surface area contributed by atoms with Crippen molar-refractivity contribution >= 4 is 27.7 Å². The van der Waals surface area contributed by atoms with Gasteiger partial charge in [-0.05, 0) is 52.7 Å². The summed E-state index contributed by atoms with van der Waals surface area (Å²) in [6.45, 7) is 0. The molecule has 3 rings (SSSR count). The predicted octanol–water partition coefficient (Wildman–Crippen LogP) is 3.77. The highest BCUT2D eigenvalue weighted by Gasteiger charge is 2.23. The highest BCUT2D eigenvalue weighted by Crippen LogP contribution is 2.39. The second kappa shape index (κ2) is 4.93. The minimum absolute atomic E-state index is 0.169. The predicted molar refractivity (Wildman–Crippen MR) is 73.5 cm³/mol. The molecule has 1 atom stereocenters. The van der Waals surface area contributed by atoms with Crippen LogP contribution >= 0.6 is 27.7 Å². The highest BCUT2D eigenvalue weighted by atomic mass is 79.9. The average molecular weight is 327 g/mol. The number of thioether (sulfide) groups is 1. The van der Waals surface area contributed by atoms with Crippen LogP contribution in [0.25, 0.3) is 11.5 Å². The van der Waals surface area contributed by atoms with Crippen LogP contribution in [0.1, 0.15) is 23.9 Å². The molecule has 1 unspecified atom stereocenters. The number of halogens is 1. The molecule has 2 aromatic rings. The lowest BCUT2D eigenvalue weighted by Crippen LogP contribution is -1.91. The van der Waals surface area contributed by atoms with E-state index >= 15 is 0 Å². The first-order chi connectivity index (χ1) is 8.74. The van der Waals surface area contributed by atoms with Crippen LogP contribution < -0.4 is 0 Å². The normalized spacial score (nSPS) is 19.3. The molecule has 1 N–H and O–H groups in total. The molecule has 6 heteroatoms. The zero-order chi connectivity index (χ0) is 12.5. The maximum Gasteiger partial charge on any atom is 0.258 e. The van der Waals surface area contributed by atoms with Crippen LogP contribution in [0.3, 0.4) is 0 Å². The van der Waals surface area contributed by atoms with Gasteiger partial charge >= 0.3 is 0 Å². The Morgan fingerprint density at radius 3 is 3.06 bits per heavy atom. The van der Waals surface area contributed by atoms with E-state index in [1.807, 2.05) is 17.8 Å². The van der Waals surface area contributed by atoms with Gasteiger partial charge in [0.05, 0.1) is 9.72 Å². The summed E-state index contributed by atoms with van der Waals surface area (Å²) >= 11 is 5.11. The molecule has 0 bridgehead atoms. The molecule has 1 aromatic carbocycles. The van der Waals surface area contributed by atoms with Crippen LogP contribution in [0.2, 0.25) is 0 Å². The topological polar surface area (TPSA) is 59.2 Å². The van der Waals surface area contributed by atoms with Gasteiger partial charge in [-0.25, -0.2) is 0 Å². The molecule has 0 aliphatic carbocycles. The zero-order valence-electron chi connectivity index (χ0n) is 9.47. The molecule has 1 aromatic heterocycles. The fourth-order valence-electron chi connectivity index (χ4n) is 1.91. The number of aromatic nitrogens is 2. The van der Waals surface area contributed by atoms with Gasteiger partial charge in [-0.15, -0.1) is 0 Å². The van der Waals surface area contributed by atoms with Crippen LogP contribution in [0.4, 0.5) is 0 Å². The summed E-state index contributed by atoms with van der Waals surface area (Å²) in [6, 6.07) is 5.21. The maximum absolute atomic E-state index is 9.64. The SMILES string of the molecule is Oc1cc(-c2nc(C3CCCS3)no2)ccc1Br. The number of nitrogens with zero attached hydrogens (tertiary/aromatic N) is 2. The lowest BCUT2D eigenvalue weighted by Gasteiger charge is -2.00. The van der Waals surface area contributed by atoms with E-state index in [2.05, 4.69) is 26.1 Å². The lowest BCUT2D eigenvalue weighted by molar-refractivity contribution is 0.421. The van der Waals surface area contributed by atoms with E-state index in [4.69, 9.17) is 4.52 Å². The van der Waals surface area contributed by atoms with E-state index < -0.39 is 0 Å². The van der Waals surface area contributed by atoms with Crippen LogP contribution in [0, 0.1) is 0 Å². The fourth-order valence-corrected chi connectivity index (χ4v) is 3.35. The van der Waals surface area contributed by atoms with Gasteiger partial charge in [-0.1, -0.05) is 5.16 Å². The van der Waals surface area contributed by atoms with Crippen LogP contribution in [0.5, 0.6) is 5.75 Å². The molecule has 94 valence electrons. The van der Waals surface area contributed by atoms with Crippen molar-refractivity contribution in [2.75, 3.05) is 5.75 Å². The average Bonchev–Trinajstić information content (AvgIpc) is 3.01. The summed E-state index contributed by atoms with van der Waals surface area (Å²) < 4.78 is 5.91. The third-order valence-corrected chi connectivity index (χ3v) is 4.90. The molecule has 0 saturated carbocycles. The molecule has 2 heterocycles. The van der Waals surface area contributed by atoms with E-state index in [1.54, 1.807) is 12.1 Å². The Morgan fingerprint density at radius 1 is 1.44 bits per heavy atom. The smallest absolute Gasteiger partial charge is 0.258 e. The molecular formula is C12H11BrN2O2S. The van der Waals surface area contributed by atoms with E-state index in [9.17, 15) is 5.11 Å². The largest absolute Gasteiger partial charge is 0.507 e. The summed E-state index contributed by atoms with van der Waals surface area (Å²) in [5.41, 5.74) is 0.734. The maximum atomic E-state index is 9.64. The molecule has 1 aliphatic heterocycles. The third-order valence-electron chi connectivity index (χ3n) is 2.85. The number of phenols is 1. The van der Waals surface area contributed by atoms with Gasteiger partial charge in [-0.3, -0.25) is 0 Å². The number of benzene rings is 1. The minimum Gasteiger partial charge on any atom is -0.507 e. The Morgan fingerprint density at radius 2 is 2.33 bits per heavy atom. The molecule has 0 amide bonds. The van der Waals surface area contributed by atoms with E-state index in [1.165, 1.54) is 6.42 Å². The quantitative estimate of drug-likeness (QED) is 0.910. The van der Waals surface area contributed by atoms with Gasteiger partial charge in [0.15, 0.2) is 5.82 Å². The van der Waals surface area contributed by atoms with E-state index in [0.717, 1.165) is 23.6 Å². The number of phenolic OH excluding ortho intramolecular Hbond substituents is 1. The van der Waals surface area contributed by atoms with Crippen molar-refractivity contribution in [3.8, 4) is 17.2 Å². The second-order valence-corrected chi connectivity index (χ2v) is 6.29. The molecule has 0 spiro atoms. The number of hydrogen-bond donors (Lipinski definition) is 1. The Kier molecular flexibility index (Phi) is 3.30. The molecule has 1 fully saturated rings. The summed E-state index contributed by atoms with van der Waals surface area (Å²) in [4.78, 5) is 4.41. The van der Waals surface area contributed by atoms with Gasteiger partial charge in [0.1, 0.15) is 5.75 Å². The van der Waals surface area contributed by atoms with Gasteiger partial charge in [-0.2, -0.15) is 16.7 Å². The Labute approximate surface area is 117 Å². The first-order valence-corrected chi connectivity index (χ1v) is 7.52. The van der Waals surface area contributed by atoms with Crippen molar-refractivity contribution in [2.45, 2.75) is 18.1 Å². The van der Waals surface area contributed by atoms with Gasteiger partial charge in [0.2, 0.25) is 0 Å². The van der Waals surface area contributed by atoms with Gasteiger partial charge in [0.25, 0.3) is 5.89 Å². The van der Waals surface area contributed by atoms with E-state index in [-0.39, 0.29) is 5.75 Å². The molecule has 1 aliphatic rings. The molecule has 18 heavy (non-hydrogen) atoms. The molecule has 4 nitrogen and oxygen atoms in total. The third kappa shape index (κ3) is 2.27. The van der Waals surface area contributed by atoms with Crippen molar-refractivity contribution in [3.05, 3.63) is 28.5 Å². The highest BCUT2D eigenvalue weighted by molar-refractivity contribution is 9.10. The standard InChI is InChI=1S/C12H11BrN2O2S/c13-8-4-3-7(6-9(8)16)12-14-11(15-17-12)10-2-1-5-18-10/h3-4,6,10,16H,1-2,5H2. The van der Waals surface area contributed by atoms with Crippen molar-refractivity contribution in [1.82, 2.24) is 10.1 Å². The van der Waals surface area contributed by atoms with Crippen LogP contribution in [-0.4, -0.2) is 21.0 Å². The van der Waals surface area contributed by atoms with Crippen molar-refractivity contribution in [1.29, 1.82) is 0 Å².